The summed E-state index contributed by atoms with van der Waals surface area (Å²) in [4.78, 5) is 9.35. The Bertz CT molecular complexity index is 619. The second-order valence-corrected chi connectivity index (χ2v) is 6.73. The van der Waals surface area contributed by atoms with Gasteiger partial charge in [0.2, 0.25) is 5.95 Å². The highest BCUT2D eigenvalue weighted by atomic mass is 15.1. The van der Waals surface area contributed by atoms with Crippen LogP contribution in [0.1, 0.15) is 39.5 Å². The van der Waals surface area contributed by atoms with Gasteiger partial charge in [0.1, 0.15) is 5.82 Å². The standard InChI is InChI=1S/C19H26N4/c1-14(2)13-20-19-22-17(15-8-4-3-5-9-15)12-18(23-19)21-16-10-6-7-11-16/h3-5,8-9,12,14,16H,6-7,10-11,13H2,1-2H3,(H2,20,21,22,23). The minimum atomic E-state index is 0.548. The second-order valence-electron chi connectivity index (χ2n) is 6.73. The predicted octanol–water partition coefficient (Wildman–Crippen LogP) is 4.57. The van der Waals surface area contributed by atoms with E-state index in [9.17, 15) is 0 Å². The fraction of sp³-hybridized carbons (Fsp3) is 0.474. The minimum Gasteiger partial charge on any atom is -0.367 e. The smallest absolute Gasteiger partial charge is 0.225 e. The van der Waals surface area contributed by atoms with Gasteiger partial charge in [0.25, 0.3) is 0 Å². The van der Waals surface area contributed by atoms with Gasteiger partial charge in [0.15, 0.2) is 0 Å². The lowest BCUT2D eigenvalue weighted by atomic mass is 10.1. The summed E-state index contributed by atoms with van der Waals surface area (Å²) in [6.45, 7) is 5.25. The maximum Gasteiger partial charge on any atom is 0.225 e. The van der Waals surface area contributed by atoms with E-state index in [0.717, 1.165) is 23.6 Å². The molecule has 3 rings (SSSR count). The highest BCUT2D eigenvalue weighted by Crippen LogP contribution is 2.25. The van der Waals surface area contributed by atoms with Crippen molar-refractivity contribution in [2.24, 2.45) is 5.92 Å². The van der Waals surface area contributed by atoms with Crippen molar-refractivity contribution in [3.05, 3.63) is 36.4 Å². The van der Waals surface area contributed by atoms with Crippen molar-refractivity contribution in [2.45, 2.75) is 45.6 Å². The number of nitrogens with one attached hydrogen (secondary N) is 2. The molecule has 0 unspecified atom stereocenters. The first-order valence-corrected chi connectivity index (χ1v) is 8.65. The molecule has 1 fully saturated rings. The van der Waals surface area contributed by atoms with E-state index >= 15 is 0 Å². The summed E-state index contributed by atoms with van der Waals surface area (Å²) in [7, 11) is 0. The van der Waals surface area contributed by atoms with Crippen molar-refractivity contribution in [1.29, 1.82) is 0 Å². The Morgan fingerprint density at radius 3 is 2.52 bits per heavy atom. The molecule has 2 aromatic rings. The number of benzene rings is 1. The molecule has 1 aliphatic rings. The topological polar surface area (TPSA) is 49.8 Å². The zero-order valence-electron chi connectivity index (χ0n) is 14.0. The maximum absolute atomic E-state index is 4.69. The molecule has 0 bridgehead atoms. The number of anilines is 2. The zero-order valence-corrected chi connectivity index (χ0v) is 14.0. The second kappa shape index (κ2) is 7.44. The highest BCUT2D eigenvalue weighted by Gasteiger charge is 2.16. The molecule has 1 aliphatic carbocycles. The fourth-order valence-corrected chi connectivity index (χ4v) is 2.93. The molecule has 1 aromatic heterocycles. The molecule has 0 atom stereocenters. The van der Waals surface area contributed by atoms with Crippen molar-refractivity contribution in [3.63, 3.8) is 0 Å². The molecule has 1 heterocycles. The summed E-state index contributed by atoms with van der Waals surface area (Å²) in [5.74, 6) is 2.20. The number of hydrogen-bond acceptors (Lipinski definition) is 4. The van der Waals surface area contributed by atoms with E-state index in [1.54, 1.807) is 0 Å². The molecule has 2 N–H and O–H groups in total. The van der Waals surface area contributed by atoms with E-state index in [0.29, 0.717) is 17.9 Å². The Hall–Kier alpha value is -2.10. The van der Waals surface area contributed by atoms with Crippen LogP contribution in [0.2, 0.25) is 0 Å². The lowest BCUT2D eigenvalue weighted by molar-refractivity contribution is 0.684. The van der Waals surface area contributed by atoms with Crippen molar-refractivity contribution in [1.82, 2.24) is 9.97 Å². The summed E-state index contributed by atoms with van der Waals surface area (Å²) in [5, 5.41) is 6.95. The van der Waals surface area contributed by atoms with Crippen LogP contribution in [-0.4, -0.2) is 22.6 Å². The van der Waals surface area contributed by atoms with E-state index in [-0.39, 0.29) is 0 Å². The van der Waals surface area contributed by atoms with Crippen LogP contribution in [0.25, 0.3) is 11.3 Å². The summed E-state index contributed by atoms with van der Waals surface area (Å²) in [6, 6.07) is 12.9. The van der Waals surface area contributed by atoms with Crippen molar-refractivity contribution < 1.29 is 0 Å². The molecule has 4 nitrogen and oxygen atoms in total. The number of aromatic nitrogens is 2. The monoisotopic (exact) mass is 310 g/mol. The molecule has 0 aliphatic heterocycles. The third-order valence-corrected chi connectivity index (χ3v) is 4.17. The third kappa shape index (κ3) is 4.44. The van der Waals surface area contributed by atoms with E-state index < -0.39 is 0 Å². The molecule has 23 heavy (non-hydrogen) atoms. The predicted molar refractivity (Wildman–Crippen MR) is 96.7 cm³/mol. The van der Waals surface area contributed by atoms with Gasteiger partial charge in [-0.3, -0.25) is 0 Å². The van der Waals surface area contributed by atoms with Gasteiger partial charge >= 0.3 is 0 Å². The Balaban J connectivity index is 1.86. The molecule has 0 saturated heterocycles. The number of rotatable bonds is 6. The van der Waals surface area contributed by atoms with Crippen LogP contribution in [0.5, 0.6) is 0 Å². The van der Waals surface area contributed by atoms with E-state index in [2.05, 4.69) is 52.6 Å². The first-order valence-electron chi connectivity index (χ1n) is 8.65. The normalized spacial score (nSPS) is 15.1. The molecule has 1 aromatic carbocycles. The van der Waals surface area contributed by atoms with Crippen LogP contribution < -0.4 is 10.6 Å². The number of nitrogens with zero attached hydrogens (tertiary/aromatic N) is 2. The lowest BCUT2D eigenvalue weighted by Crippen LogP contribution is -2.17. The maximum atomic E-state index is 4.69. The molecule has 1 saturated carbocycles. The van der Waals surface area contributed by atoms with Gasteiger partial charge in [-0.25, -0.2) is 4.98 Å². The van der Waals surface area contributed by atoms with Crippen LogP contribution in [0.15, 0.2) is 36.4 Å². The minimum absolute atomic E-state index is 0.548. The van der Waals surface area contributed by atoms with Gasteiger partial charge in [-0.05, 0) is 18.8 Å². The van der Waals surface area contributed by atoms with Gasteiger partial charge in [0.05, 0.1) is 5.69 Å². The molecule has 122 valence electrons. The summed E-state index contributed by atoms with van der Waals surface area (Å²) >= 11 is 0. The van der Waals surface area contributed by atoms with Crippen molar-refractivity contribution in [2.75, 3.05) is 17.2 Å². The first-order chi connectivity index (χ1) is 11.2. The first kappa shape index (κ1) is 15.8. The zero-order chi connectivity index (χ0) is 16.1. The lowest BCUT2D eigenvalue weighted by Gasteiger charge is -2.15. The van der Waals surface area contributed by atoms with Crippen molar-refractivity contribution >= 4 is 11.8 Å². The molecule has 0 amide bonds. The van der Waals surface area contributed by atoms with Gasteiger partial charge in [-0.2, -0.15) is 4.98 Å². The van der Waals surface area contributed by atoms with Crippen LogP contribution >= 0.6 is 0 Å². The van der Waals surface area contributed by atoms with Gasteiger partial charge in [0, 0.05) is 24.2 Å². The van der Waals surface area contributed by atoms with E-state index in [1.165, 1.54) is 25.7 Å². The average molecular weight is 310 g/mol. The van der Waals surface area contributed by atoms with Crippen LogP contribution in [0.3, 0.4) is 0 Å². The Morgan fingerprint density at radius 1 is 1.09 bits per heavy atom. The Labute approximate surface area is 138 Å². The average Bonchev–Trinajstić information content (AvgIpc) is 3.06. The Morgan fingerprint density at radius 2 is 1.83 bits per heavy atom. The largest absolute Gasteiger partial charge is 0.367 e. The van der Waals surface area contributed by atoms with Crippen molar-refractivity contribution in [3.8, 4) is 11.3 Å². The molecule has 0 radical (unpaired) electrons. The van der Waals surface area contributed by atoms with Gasteiger partial charge in [-0.1, -0.05) is 57.0 Å². The van der Waals surface area contributed by atoms with Crippen LogP contribution in [0.4, 0.5) is 11.8 Å². The van der Waals surface area contributed by atoms with E-state index in [1.807, 2.05) is 18.2 Å². The SMILES string of the molecule is CC(C)CNc1nc(NC2CCCC2)cc(-c2ccccc2)n1. The van der Waals surface area contributed by atoms with Crippen LogP contribution in [-0.2, 0) is 0 Å². The molecular weight excluding hydrogens is 284 g/mol. The summed E-state index contributed by atoms with van der Waals surface area (Å²) in [5.41, 5.74) is 2.09. The fourth-order valence-electron chi connectivity index (χ4n) is 2.93. The Kier molecular flexibility index (Phi) is 5.11. The number of hydrogen-bond donors (Lipinski definition) is 2. The van der Waals surface area contributed by atoms with Gasteiger partial charge in [-0.15, -0.1) is 0 Å². The quantitative estimate of drug-likeness (QED) is 0.821. The molecule has 4 heteroatoms. The summed E-state index contributed by atoms with van der Waals surface area (Å²) < 4.78 is 0. The highest BCUT2D eigenvalue weighted by molar-refractivity contribution is 5.64. The third-order valence-electron chi connectivity index (χ3n) is 4.17. The molecular formula is C19H26N4. The van der Waals surface area contributed by atoms with Crippen LogP contribution in [0, 0.1) is 5.92 Å². The summed E-state index contributed by atoms with van der Waals surface area (Å²) in [6.07, 6.45) is 5.10. The van der Waals surface area contributed by atoms with Gasteiger partial charge < -0.3 is 10.6 Å². The molecule has 0 spiro atoms. The van der Waals surface area contributed by atoms with E-state index in [4.69, 9.17) is 0 Å².